The molecule has 0 radical (unpaired) electrons. The molecular formula is C25H34N2O2. The highest BCUT2D eigenvalue weighted by Crippen LogP contribution is 2.16. The van der Waals surface area contributed by atoms with Crippen LogP contribution in [0.5, 0.6) is 0 Å². The second-order valence-corrected chi connectivity index (χ2v) is 8.07. The standard InChI is InChI=1S/C25H34N2O2/c1-3-15-27(18-22-11-9-21(2)10-12-22)25(28)19-26-16-13-24(14-17-26)29-20-23-7-5-4-6-8-23/h4-12,24H,3,13-20H2,1-2H3. The van der Waals surface area contributed by atoms with Gasteiger partial charge in [0.05, 0.1) is 19.3 Å². The van der Waals surface area contributed by atoms with Crippen LogP contribution < -0.4 is 0 Å². The van der Waals surface area contributed by atoms with Crippen LogP contribution >= 0.6 is 0 Å². The number of amides is 1. The van der Waals surface area contributed by atoms with E-state index in [0.717, 1.165) is 38.9 Å². The van der Waals surface area contributed by atoms with Crippen LogP contribution in [0.25, 0.3) is 0 Å². The minimum absolute atomic E-state index is 0.232. The highest BCUT2D eigenvalue weighted by atomic mass is 16.5. The van der Waals surface area contributed by atoms with Crippen molar-refractivity contribution in [2.45, 2.75) is 52.4 Å². The number of piperidine rings is 1. The van der Waals surface area contributed by atoms with Crippen LogP contribution in [-0.2, 0) is 22.7 Å². The SMILES string of the molecule is CCCN(Cc1ccc(C)cc1)C(=O)CN1CCC(OCc2ccccc2)CC1. The first-order valence-corrected chi connectivity index (χ1v) is 10.8. The van der Waals surface area contributed by atoms with E-state index in [2.05, 4.69) is 55.1 Å². The highest BCUT2D eigenvalue weighted by Gasteiger charge is 2.23. The Bertz CT molecular complexity index is 737. The third kappa shape index (κ3) is 6.98. The molecule has 3 rings (SSSR count). The highest BCUT2D eigenvalue weighted by molar-refractivity contribution is 5.78. The van der Waals surface area contributed by atoms with E-state index in [1.54, 1.807) is 0 Å². The van der Waals surface area contributed by atoms with Crippen molar-refractivity contribution in [2.24, 2.45) is 0 Å². The molecule has 0 aliphatic carbocycles. The van der Waals surface area contributed by atoms with Gasteiger partial charge >= 0.3 is 0 Å². The van der Waals surface area contributed by atoms with Crippen LogP contribution in [0, 0.1) is 6.92 Å². The zero-order chi connectivity index (χ0) is 20.5. The van der Waals surface area contributed by atoms with Gasteiger partial charge in [0.15, 0.2) is 0 Å². The van der Waals surface area contributed by atoms with Crippen molar-refractivity contribution in [3.63, 3.8) is 0 Å². The van der Waals surface area contributed by atoms with E-state index in [1.807, 2.05) is 23.1 Å². The van der Waals surface area contributed by atoms with Crippen LogP contribution in [0.4, 0.5) is 0 Å². The molecule has 2 aromatic rings. The monoisotopic (exact) mass is 394 g/mol. The van der Waals surface area contributed by atoms with Crippen LogP contribution in [-0.4, -0.2) is 48.0 Å². The van der Waals surface area contributed by atoms with Gasteiger partial charge in [-0.15, -0.1) is 0 Å². The Balaban J connectivity index is 1.43. The second-order valence-electron chi connectivity index (χ2n) is 8.07. The van der Waals surface area contributed by atoms with E-state index in [-0.39, 0.29) is 5.91 Å². The third-order valence-corrected chi connectivity index (χ3v) is 5.56. The summed E-state index contributed by atoms with van der Waals surface area (Å²) in [6, 6.07) is 18.8. The Morgan fingerprint density at radius 2 is 1.72 bits per heavy atom. The lowest BCUT2D eigenvalue weighted by Crippen LogP contribution is -2.44. The number of hydrogen-bond donors (Lipinski definition) is 0. The summed E-state index contributed by atoms with van der Waals surface area (Å²) in [6.45, 7) is 8.76. The topological polar surface area (TPSA) is 32.8 Å². The predicted molar refractivity (Wildman–Crippen MR) is 118 cm³/mol. The number of nitrogens with zero attached hydrogens (tertiary/aromatic N) is 2. The molecule has 2 aromatic carbocycles. The molecule has 0 spiro atoms. The number of likely N-dealkylation sites (tertiary alicyclic amines) is 1. The van der Waals surface area contributed by atoms with E-state index in [4.69, 9.17) is 4.74 Å². The van der Waals surface area contributed by atoms with Crippen molar-refractivity contribution in [2.75, 3.05) is 26.2 Å². The molecule has 1 heterocycles. The molecule has 1 aliphatic rings. The number of hydrogen-bond acceptors (Lipinski definition) is 3. The van der Waals surface area contributed by atoms with Gasteiger partial charge < -0.3 is 9.64 Å². The molecule has 156 valence electrons. The zero-order valence-corrected chi connectivity index (χ0v) is 17.8. The molecule has 1 fully saturated rings. The summed E-state index contributed by atoms with van der Waals surface area (Å²) >= 11 is 0. The van der Waals surface area contributed by atoms with Gasteiger partial charge in [0.25, 0.3) is 0 Å². The van der Waals surface area contributed by atoms with Gasteiger partial charge in [-0.2, -0.15) is 0 Å². The summed E-state index contributed by atoms with van der Waals surface area (Å²) in [4.78, 5) is 17.2. The van der Waals surface area contributed by atoms with Gasteiger partial charge in [0.2, 0.25) is 5.91 Å². The van der Waals surface area contributed by atoms with E-state index in [0.29, 0.717) is 25.8 Å². The van der Waals surface area contributed by atoms with Gasteiger partial charge in [-0.1, -0.05) is 67.1 Å². The Labute approximate surface area is 175 Å². The summed E-state index contributed by atoms with van der Waals surface area (Å²) in [5.41, 5.74) is 3.67. The maximum absolute atomic E-state index is 12.9. The normalized spacial score (nSPS) is 15.4. The van der Waals surface area contributed by atoms with Crippen molar-refractivity contribution in [1.29, 1.82) is 0 Å². The van der Waals surface area contributed by atoms with E-state index in [9.17, 15) is 4.79 Å². The minimum Gasteiger partial charge on any atom is -0.373 e. The lowest BCUT2D eigenvalue weighted by atomic mass is 10.1. The average molecular weight is 395 g/mol. The average Bonchev–Trinajstić information content (AvgIpc) is 2.75. The molecule has 0 unspecified atom stereocenters. The smallest absolute Gasteiger partial charge is 0.237 e. The van der Waals surface area contributed by atoms with Crippen molar-refractivity contribution >= 4 is 5.91 Å². The predicted octanol–water partition coefficient (Wildman–Crippen LogP) is 4.41. The summed E-state index contributed by atoms with van der Waals surface area (Å²) in [6.07, 6.45) is 3.26. The molecule has 0 atom stereocenters. The molecule has 0 N–H and O–H groups in total. The fourth-order valence-corrected chi connectivity index (χ4v) is 3.79. The Morgan fingerprint density at radius 3 is 2.38 bits per heavy atom. The Hall–Kier alpha value is -2.17. The van der Waals surface area contributed by atoms with Gasteiger partial charge in [-0.3, -0.25) is 9.69 Å². The number of carbonyl (C=O) groups excluding carboxylic acids is 1. The fraction of sp³-hybridized carbons (Fsp3) is 0.480. The summed E-state index contributed by atoms with van der Waals surface area (Å²) in [7, 11) is 0. The molecule has 0 saturated carbocycles. The zero-order valence-electron chi connectivity index (χ0n) is 17.8. The first kappa shape index (κ1) is 21.5. The quantitative estimate of drug-likeness (QED) is 0.631. The number of ether oxygens (including phenoxy) is 1. The van der Waals surface area contributed by atoms with Crippen molar-refractivity contribution in [3.8, 4) is 0 Å². The van der Waals surface area contributed by atoms with Gasteiger partial charge in [-0.05, 0) is 37.3 Å². The molecule has 4 heteroatoms. The minimum atomic E-state index is 0.232. The van der Waals surface area contributed by atoms with Gasteiger partial charge in [0.1, 0.15) is 0 Å². The molecule has 0 bridgehead atoms. The van der Waals surface area contributed by atoms with E-state index >= 15 is 0 Å². The number of rotatable bonds is 9. The molecule has 1 amide bonds. The van der Waals surface area contributed by atoms with Crippen LogP contribution in [0.1, 0.15) is 42.9 Å². The van der Waals surface area contributed by atoms with Crippen LogP contribution in [0.2, 0.25) is 0 Å². The molecule has 4 nitrogen and oxygen atoms in total. The fourth-order valence-electron chi connectivity index (χ4n) is 3.79. The summed E-state index contributed by atoms with van der Waals surface area (Å²) in [5, 5.41) is 0. The summed E-state index contributed by atoms with van der Waals surface area (Å²) < 4.78 is 6.07. The number of aryl methyl sites for hydroxylation is 1. The lowest BCUT2D eigenvalue weighted by Gasteiger charge is -2.33. The van der Waals surface area contributed by atoms with E-state index < -0.39 is 0 Å². The third-order valence-electron chi connectivity index (χ3n) is 5.56. The molecule has 0 aromatic heterocycles. The maximum Gasteiger partial charge on any atom is 0.237 e. The van der Waals surface area contributed by atoms with Crippen molar-refractivity contribution in [3.05, 3.63) is 71.3 Å². The summed E-state index contributed by atoms with van der Waals surface area (Å²) in [5.74, 6) is 0.232. The maximum atomic E-state index is 12.9. The van der Waals surface area contributed by atoms with Gasteiger partial charge in [-0.25, -0.2) is 0 Å². The molecule has 1 saturated heterocycles. The van der Waals surface area contributed by atoms with Crippen LogP contribution in [0.15, 0.2) is 54.6 Å². The van der Waals surface area contributed by atoms with Gasteiger partial charge in [0, 0.05) is 26.2 Å². The molecular weight excluding hydrogens is 360 g/mol. The molecule has 29 heavy (non-hydrogen) atoms. The Kier molecular flexibility index (Phi) is 8.26. The first-order chi connectivity index (χ1) is 14.1. The second kappa shape index (κ2) is 11.1. The van der Waals surface area contributed by atoms with Crippen molar-refractivity contribution in [1.82, 2.24) is 9.80 Å². The largest absolute Gasteiger partial charge is 0.373 e. The van der Waals surface area contributed by atoms with Crippen molar-refractivity contribution < 1.29 is 9.53 Å². The molecule has 1 aliphatic heterocycles. The van der Waals surface area contributed by atoms with Crippen LogP contribution in [0.3, 0.4) is 0 Å². The van der Waals surface area contributed by atoms with E-state index in [1.165, 1.54) is 16.7 Å². The lowest BCUT2D eigenvalue weighted by molar-refractivity contribution is -0.133. The number of benzene rings is 2. The number of carbonyl (C=O) groups is 1. The Morgan fingerprint density at radius 1 is 1.03 bits per heavy atom. The first-order valence-electron chi connectivity index (χ1n) is 10.8.